The van der Waals surface area contributed by atoms with E-state index < -0.39 is 10.8 Å². The number of nitrogens with one attached hydrogen (secondary N) is 1. The highest BCUT2D eigenvalue weighted by molar-refractivity contribution is 5.75. The maximum Gasteiger partial charge on any atom is 0.269 e. The first-order chi connectivity index (χ1) is 15.4. The molecule has 0 aliphatic rings. The minimum Gasteiger partial charge on any atom is -0.493 e. The molecule has 0 aliphatic carbocycles. The third-order valence-electron chi connectivity index (χ3n) is 4.55. The van der Waals surface area contributed by atoms with E-state index in [1.54, 1.807) is 24.3 Å². The van der Waals surface area contributed by atoms with Crippen LogP contribution in [0.4, 0.5) is 11.5 Å². The number of rotatable bonds is 10. The van der Waals surface area contributed by atoms with Gasteiger partial charge in [0.1, 0.15) is 5.82 Å². The van der Waals surface area contributed by atoms with Gasteiger partial charge in [0.2, 0.25) is 0 Å². The molecule has 0 bridgehead atoms. The zero-order chi connectivity index (χ0) is 23.1. The lowest BCUT2D eigenvalue weighted by molar-refractivity contribution is -0.384. The van der Waals surface area contributed by atoms with Gasteiger partial charge in [-0.05, 0) is 36.2 Å². The lowest BCUT2D eigenvalue weighted by Crippen LogP contribution is -2.20. The third kappa shape index (κ3) is 5.69. The van der Waals surface area contributed by atoms with Crippen molar-refractivity contribution in [2.24, 2.45) is 5.73 Å². The van der Waals surface area contributed by atoms with Crippen LogP contribution in [0.3, 0.4) is 0 Å². The fourth-order valence-electron chi connectivity index (χ4n) is 2.91. The number of ether oxygens (including phenoxy) is 2. The summed E-state index contributed by atoms with van der Waals surface area (Å²) in [5.74, 6) is 1.43. The molecule has 1 aromatic heterocycles. The molecule has 0 aliphatic heterocycles. The van der Waals surface area contributed by atoms with E-state index in [9.17, 15) is 14.9 Å². The first-order valence-corrected chi connectivity index (χ1v) is 9.84. The van der Waals surface area contributed by atoms with E-state index in [0.29, 0.717) is 41.7 Å². The smallest absolute Gasteiger partial charge is 0.269 e. The zero-order valence-electron chi connectivity index (χ0n) is 17.7. The number of aromatic nitrogens is 2. The van der Waals surface area contributed by atoms with Crippen molar-refractivity contribution in [2.75, 3.05) is 19.0 Å². The number of carbonyl (C=O) groups excluding carboxylic acids is 1. The van der Waals surface area contributed by atoms with Crippen molar-refractivity contribution >= 4 is 17.4 Å². The number of primary amides is 1. The lowest BCUT2D eigenvalue weighted by Gasteiger charge is -2.13. The van der Waals surface area contributed by atoms with Crippen molar-refractivity contribution in [3.63, 3.8) is 0 Å². The van der Waals surface area contributed by atoms with E-state index in [1.807, 2.05) is 19.1 Å². The van der Waals surface area contributed by atoms with Gasteiger partial charge in [0.05, 0.1) is 12.0 Å². The molecule has 0 radical (unpaired) electrons. The van der Waals surface area contributed by atoms with Gasteiger partial charge in [-0.25, -0.2) is 9.97 Å². The van der Waals surface area contributed by atoms with Gasteiger partial charge in [0.15, 0.2) is 23.9 Å². The van der Waals surface area contributed by atoms with Crippen molar-refractivity contribution < 1.29 is 19.2 Å². The molecule has 32 heavy (non-hydrogen) atoms. The predicted molar refractivity (Wildman–Crippen MR) is 119 cm³/mol. The van der Waals surface area contributed by atoms with E-state index >= 15 is 0 Å². The van der Waals surface area contributed by atoms with E-state index in [4.69, 9.17) is 15.2 Å². The molecule has 0 saturated heterocycles. The SMILES string of the molecule is CCc1cc(NCc2ccc(OCC(N)=O)c(OC)c2)nc(-c2ccc([N+](=O)[O-])cc2)n1. The Labute approximate surface area is 184 Å². The Balaban J connectivity index is 1.78. The highest BCUT2D eigenvalue weighted by Crippen LogP contribution is 2.28. The number of carbonyl (C=O) groups is 1. The van der Waals surface area contributed by atoms with Crippen LogP contribution in [0.25, 0.3) is 11.4 Å². The van der Waals surface area contributed by atoms with Gasteiger partial charge in [-0.1, -0.05) is 13.0 Å². The van der Waals surface area contributed by atoms with Crippen LogP contribution in [0.5, 0.6) is 11.5 Å². The molecule has 0 atom stereocenters. The van der Waals surface area contributed by atoms with Crippen molar-refractivity contribution in [3.8, 4) is 22.9 Å². The highest BCUT2D eigenvalue weighted by Gasteiger charge is 2.11. The number of aryl methyl sites for hydroxylation is 1. The molecule has 3 N–H and O–H groups in total. The number of hydrogen-bond donors (Lipinski definition) is 2. The summed E-state index contributed by atoms with van der Waals surface area (Å²) in [6, 6.07) is 13.3. The van der Waals surface area contributed by atoms with Gasteiger partial charge in [0, 0.05) is 36.0 Å². The molecule has 3 rings (SSSR count). The first kappa shape index (κ1) is 22.5. The second-order valence-corrected chi connectivity index (χ2v) is 6.82. The standard InChI is InChI=1S/C22H23N5O5/c1-3-16-11-21(26-22(25-16)15-5-7-17(8-6-15)27(29)30)24-12-14-4-9-18(19(10-14)31-2)32-13-20(23)28/h4-11H,3,12-13H2,1-2H3,(H2,23,28)(H,24,25,26). The predicted octanol–water partition coefficient (Wildman–Crippen LogP) is 3.10. The number of benzene rings is 2. The maximum atomic E-state index is 10.9. The van der Waals surface area contributed by atoms with Crippen LogP contribution in [-0.4, -0.2) is 34.5 Å². The lowest BCUT2D eigenvalue weighted by atomic mass is 10.2. The number of nitrogens with zero attached hydrogens (tertiary/aromatic N) is 3. The summed E-state index contributed by atoms with van der Waals surface area (Å²) < 4.78 is 10.7. The van der Waals surface area contributed by atoms with Gasteiger partial charge in [0.25, 0.3) is 11.6 Å². The van der Waals surface area contributed by atoms with Crippen molar-refractivity contribution in [1.82, 2.24) is 9.97 Å². The van der Waals surface area contributed by atoms with Gasteiger partial charge in [-0.2, -0.15) is 0 Å². The Morgan fingerprint density at radius 1 is 1.12 bits per heavy atom. The largest absolute Gasteiger partial charge is 0.493 e. The highest BCUT2D eigenvalue weighted by atomic mass is 16.6. The van der Waals surface area contributed by atoms with Crippen LogP contribution in [0.15, 0.2) is 48.5 Å². The summed E-state index contributed by atoms with van der Waals surface area (Å²) in [6.45, 7) is 2.20. The average Bonchev–Trinajstić information content (AvgIpc) is 2.81. The van der Waals surface area contributed by atoms with E-state index in [2.05, 4.69) is 15.3 Å². The van der Waals surface area contributed by atoms with Crippen LogP contribution in [0.2, 0.25) is 0 Å². The minimum absolute atomic E-state index is 0.0101. The molecule has 0 unspecified atom stereocenters. The summed E-state index contributed by atoms with van der Waals surface area (Å²) in [7, 11) is 1.51. The third-order valence-corrected chi connectivity index (χ3v) is 4.55. The van der Waals surface area contributed by atoms with Gasteiger partial charge in [-0.15, -0.1) is 0 Å². The molecule has 166 valence electrons. The van der Waals surface area contributed by atoms with Gasteiger partial charge in [-0.3, -0.25) is 14.9 Å². The first-order valence-electron chi connectivity index (χ1n) is 9.84. The van der Waals surface area contributed by atoms with Crippen LogP contribution < -0.4 is 20.5 Å². The number of anilines is 1. The monoisotopic (exact) mass is 437 g/mol. The number of hydrogen-bond acceptors (Lipinski definition) is 8. The maximum absolute atomic E-state index is 10.9. The summed E-state index contributed by atoms with van der Waals surface area (Å²) >= 11 is 0. The van der Waals surface area contributed by atoms with E-state index in [-0.39, 0.29) is 12.3 Å². The fraction of sp³-hybridized carbons (Fsp3) is 0.227. The molecule has 0 fully saturated rings. The second kappa shape index (κ2) is 10.2. The Hall–Kier alpha value is -4.21. The van der Waals surface area contributed by atoms with Crippen molar-refractivity contribution in [2.45, 2.75) is 19.9 Å². The van der Waals surface area contributed by atoms with Gasteiger partial charge >= 0.3 is 0 Å². The molecule has 0 spiro atoms. The molecule has 10 nitrogen and oxygen atoms in total. The number of nitro benzene ring substituents is 1. The molecular formula is C22H23N5O5. The molecule has 3 aromatic rings. The van der Waals surface area contributed by atoms with E-state index in [1.165, 1.54) is 19.2 Å². The molecule has 1 amide bonds. The number of nitro groups is 1. The Morgan fingerprint density at radius 3 is 2.50 bits per heavy atom. The summed E-state index contributed by atoms with van der Waals surface area (Å²) in [5, 5.41) is 14.1. The number of nitrogens with two attached hydrogens (primary N) is 1. The fourth-order valence-corrected chi connectivity index (χ4v) is 2.91. The normalized spacial score (nSPS) is 10.4. The molecule has 1 heterocycles. The Bertz CT molecular complexity index is 1120. The second-order valence-electron chi connectivity index (χ2n) is 6.82. The summed E-state index contributed by atoms with van der Waals surface area (Å²) in [5.41, 5.74) is 7.55. The van der Waals surface area contributed by atoms with Crippen LogP contribution in [0.1, 0.15) is 18.2 Å². The quantitative estimate of drug-likeness (QED) is 0.364. The Morgan fingerprint density at radius 2 is 1.88 bits per heavy atom. The number of non-ortho nitro benzene ring substituents is 1. The Kier molecular flexibility index (Phi) is 7.17. The minimum atomic E-state index is -0.572. The van der Waals surface area contributed by atoms with E-state index in [0.717, 1.165) is 11.3 Å². The topological polar surface area (TPSA) is 142 Å². The summed E-state index contributed by atoms with van der Waals surface area (Å²) in [6.07, 6.45) is 0.705. The van der Waals surface area contributed by atoms with Gasteiger partial charge < -0.3 is 20.5 Å². The van der Waals surface area contributed by atoms with Crippen molar-refractivity contribution in [3.05, 3.63) is 69.9 Å². The van der Waals surface area contributed by atoms with Crippen LogP contribution >= 0.6 is 0 Å². The van der Waals surface area contributed by atoms with Crippen molar-refractivity contribution in [1.29, 1.82) is 0 Å². The molecule has 10 heteroatoms. The average molecular weight is 437 g/mol. The number of methoxy groups -OCH3 is 1. The molecule has 0 saturated carbocycles. The van der Waals surface area contributed by atoms with Crippen LogP contribution in [-0.2, 0) is 17.8 Å². The number of amides is 1. The molecular weight excluding hydrogens is 414 g/mol. The molecule has 2 aromatic carbocycles. The van der Waals surface area contributed by atoms with Crippen LogP contribution in [0, 0.1) is 10.1 Å². The zero-order valence-corrected chi connectivity index (χ0v) is 17.7. The summed E-state index contributed by atoms with van der Waals surface area (Å²) in [4.78, 5) is 30.4.